The highest BCUT2D eigenvalue weighted by molar-refractivity contribution is 6.00. The molecule has 15 rings (SSSR count). The summed E-state index contributed by atoms with van der Waals surface area (Å²) in [6, 6.07) is 31.5. The molecule has 12 heterocycles. The summed E-state index contributed by atoms with van der Waals surface area (Å²) in [6.07, 6.45) is 18.3. The highest BCUT2D eigenvalue weighted by Crippen LogP contribution is 2.39. The lowest BCUT2D eigenvalue weighted by Crippen LogP contribution is -2.40. The van der Waals surface area contributed by atoms with Gasteiger partial charge in [0.05, 0.1) is 34.3 Å². The summed E-state index contributed by atoms with van der Waals surface area (Å²) >= 11 is 0. The molecule has 3 aliphatic rings. The lowest BCUT2D eigenvalue weighted by Gasteiger charge is -2.32. The molecule has 510 valence electrons. The molecule has 6 N–H and O–H groups in total. The Hall–Kier alpha value is -13.0. The zero-order valence-corrected chi connectivity index (χ0v) is 54.5. The average molecular weight is 1360 g/mol. The van der Waals surface area contributed by atoms with E-state index in [2.05, 4.69) is 64.6 Å². The maximum absolute atomic E-state index is 13.4. The molecule has 29 heteroatoms. The fraction of sp³-hybridized carbons (Fsp3) is 0.208. The quantitative estimate of drug-likeness (QED) is 0.0803. The van der Waals surface area contributed by atoms with E-state index in [0.717, 1.165) is 44.1 Å². The van der Waals surface area contributed by atoms with Gasteiger partial charge in [-0.05, 0) is 123 Å². The number of benzene rings is 3. The molecule has 3 fully saturated rings. The van der Waals surface area contributed by atoms with Gasteiger partial charge in [0.1, 0.15) is 82.4 Å². The Morgan fingerprint density at radius 3 is 1.12 bits per heavy atom. The zero-order chi connectivity index (χ0) is 70.1. The zero-order valence-electron chi connectivity index (χ0n) is 54.5. The molecule has 27 nitrogen and oxygen atoms in total. The van der Waals surface area contributed by atoms with Crippen LogP contribution in [0.3, 0.4) is 0 Å². The minimum absolute atomic E-state index is 0.0261. The number of aromatic nitrogens is 15. The van der Waals surface area contributed by atoms with Gasteiger partial charge in [0, 0.05) is 98.8 Å². The lowest BCUT2D eigenvalue weighted by molar-refractivity contribution is -0.128. The van der Waals surface area contributed by atoms with E-state index in [1.165, 1.54) is 73.6 Å². The molecule has 0 unspecified atom stereocenters. The van der Waals surface area contributed by atoms with Crippen LogP contribution in [0.15, 0.2) is 191 Å². The number of piperidine rings is 3. The first-order valence-electron chi connectivity index (χ1n) is 32.4. The van der Waals surface area contributed by atoms with Gasteiger partial charge in [0.25, 0.3) is 0 Å². The molecule has 9 aromatic heterocycles. The van der Waals surface area contributed by atoms with E-state index in [1.54, 1.807) is 69.7 Å². The van der Waals surface area contributed by atoms with Gasteiger partial charge in [0.2, 0.25) is 35.4 Å². The summed E-state index contributed by atoms with van der Waals surface area (Å²) < 4.78 is 49.2. The van der Waals surface area contributed by atoms with Gasteiger partial charge in [-0.2, -0.15) is 15.3 Å². The fourth-order valence-corrected chi connectivity index (χ4v) is 12.4. The van der Waals surface area contributed by atoms with Crippen molar-refractivity contribution >= 4 is 68.3 Å². The molecule has 0 bridgehead atoms. The van der Waals surface area contributed by atoms with Crippen molar-refractivity contribution in [1.82, 2.24) is 88.9 Å². The predicted octanol–water partition coefficient (Wildman–Crippen LogP) is 11.1. The second kappa shape index (κ2) is 29.8. The molecular formula is C72H67F2N21O6. The van der Waals surface area contributed by atoms with E-state index in [9.17, 15) is 23.2 Å². The monoisotopic (exact) mass is 1360 g/mol. The number of amides is 3. The summed E-state index contributed by atoms with van der Waals surface area (Å²) in [5.41, 5.74) is 24.5. The summed E-state index contributed by atoms with van der Waals surface area (Å²) in [5, 5.41) is 16.4. The normalized spacial score (nSPS) is 15.9. The summed E-state index contributed by atoms with van der Waals surface area (Å²) in [4.78, 5) is 80.8. The SMILES string of the molecule is C=CC(=O)N1CCC[C@@H](n2nc(-c3ccc(Oc4ccc(F)cc4)nc3)c3c(N)ncnc32)C1.C=CC(=O)N1CCC[C@@H](n2nc(-c3ccc(Oc4cccc(F)c4)nc3)c3c(N)ncnc32)C1.C=CC(=O)N1CCC[C@@H](n2nc(-c3ccc(Oc4ccccc4)nc3)c3c(N)ncnc32)C1. The number of pyridine rings is 3. The third-order valence-electron chi connectivity index (χ3n) is 17.3. The van der Waals surface area contributed by atoms with Crippen molar-refractivity contribution in [2.75, 3.05) is 56.5 Å². The van der Waals surface area contributed by atoms with Crippen molar-refractivity contribution in [2.24, 2.45) is 0 Å². The van der Waals surface area contributed by atoms with Gasteiger partial charge in [-0.15, -0.1) is 0 Å². The minimum Gasteiger partial charge on any atom is -0.439 e. The van der Waals surface area contributed by atoms with Gasteiger partial charge < -0.3 is 46.1 Å². The number of carbonyl (C=O) groups excluding carboxylic acids is 3. The number of likely N-dealkylation sites (tertiary alicyclic amines) is 3. The number of nitrogens with two attached hydrogens (primary N) is 3. The molecule has 0 spiro atoms. The maximum atomic E-state index is 13.4. The van der Waals surface area contributed by atoms with E-state index < -0.39 is 5.82 Å². The topological polar surface area (TPSA) is 336 Å². The standard InChI is InChI=1S/2C24H22FN7O2.C24H23N7O2/c1-2-20(33)31-10-4-6-17(13-31)32-24-21(23(26)28-14-29-24)22(30-32)15-8-9-19(27-12-15)34-18-7-3-5-16(25)11-18;1-2-20(33)31-11-3-4-17(13-31)32-24-21(23(26)28-14-29-24)22(30-32)15-5-10-19(27-12-15)34-18-8-6-16(25)7-9-18;1-2-20(32)30-12-6-7-17(14-30)31-24-21(23(25)27-15-28-24)22(29-31)16-10-11-19(26-13-16)33-18-8-4-3-5-9-18/h2-3,5,7-9,11-12,14,17H,1,4,6,10,13H2,(H2,26,28,29);2,5-10,12,14,17H,1,3-4,11,13H2,(H2,26,28,29);2-5,8-11,13,15,17H,1,6-7,12,14H2,(H2,25,27,28)/t3*17-/m111/s1. The molecular weight excluding hydrogens is 1290 g/mol. The Balaban J connectivity index is 0.000000135. The molecule has 0 radical (unpaired) electrons. The third kappa shape index (κ3) is 14.7. The van der Waals surface area contributed by atoms with E-state index in [4.69, 9.17) is 46.7 Å². The molecule has 3 atom stereocenters. The number of fused-ring (bicyclic) bond motifs is 3. The largest absolute Gasteiger partial charge is 0.439 e. The van der Waals surface area contributed by atoms with Gasteiger partial charge >= 0.3 is 0 Å². The highest BCUT2D eigenvalue weighted by atomic mass is 19.1. The second-order valence-corrected chi connectivity index (χ2v) is 23.8. The third-order valence-corrected chi connectivity index (χ3v) is 17.3. The Morgan fingerprint density at radius 1 is 0.416 bits per heavy atom. The number of ether oxygens (including phenoxy) is 3. The van der Waals surface area contributed by atoms with Crippen molar-refractivity contribution in [3.63, 3.8) is 0 Å². The Morgan fingerprint density at radius 2 is 0.772 bits per heavy atom. The second-order valence-electron chi connectivity index (χ2n) is 23.8. The molecule has 0 saturated carbocycles. The van der Waals surface area contributed by atoms with E-state index in [0.29, 0.717) is 153 Å². The van der Waals surface area contributed by atoms with Gasteiger partial charge in [0.15, 0.2) is 16.9 Å². The Bertz CT molecular complexity index is 5020. The lowest BCUT2D eigenvalue weighted by atomic mass is 10.1. The fourth-order valence-electron chi connectivity index (χ4n) is 12.4. The number of carbonyl (C=O) groups is 3. The van der Waals surface area contributed by atoms with Gasteiger partial charge in [-0.25, -0.2) is 67.7 Å². The van der Waals surface area contributed by atoms with Crippen LogP contribution >= 0.6 is 0 Å². The van der Waals surface area contributed by atoms with Crippen molar-refractivity contribution in [3.8, 4) is 68.7 Å². The van der Waals surface area contributed by atoms with Crippen molar-refractivity contribution in [2.45, 2.75) is 56.7 Å². The van der Waals surface area contributed by atoms with Crippen LogP contribution in [0, 0.1) is 11.6 Å². The molecule has 3 aliphatic heterocycles. The van der Waals surface area contributed by atoms with Crippen LogP contribution < -0.4 is 31.4 Å². The summed E-state index contributed by atoms with van der Waals surface area (Å²) in [5.74, 6) is 2.63. The number of anilines is 3. The summed E-state index contributed by atoms with van der Waals surface area (Å²) in [6.45, 7) is 14.4. The number of hydrogen-bond donors (Lipinski definition) is 3. The molecule has 3 aromatic carbocycles. The van der Waals surface area contributed by atoms with Crippen molar-refractivity contribution in [1.29, 1.82) is 0 Å². The Kier molecular flexibility index (Phi) is 19.7. The van der Waals surface area contributed by atoms with Crippen LogP contribution in [0.25, 0.3) is 66.9 Å². The number of nitrogens with zero attached hydrogens (tertiary/aromatic N) is 18. The number of rotatable bonds is 15. The highest BCUT2D eigenvalue weighted by Gasteiger charge is 2.32. The van der Waals surface area contributed by atoms with Crippen LogP contribution in [0.5, 0.6) is 34.9 Å². The number of hydrogen-bond acceptors (Lipinski definition) is 21. The average Bonchev–Trinajstić information content (AvgIpc) is 1.63. The van der Waals surface area contributed by atoms with Crippen LogP contribution in [0.4, 0.5) is 26.2 Å². The van der Waals surface area contributed by atoms with Crippen molar-refractivity contribution < 1.29 is 37.4 Å². The maximum Gasteiger partial charge on any atom is 0.246 e. The van der Waals surface area contributed by atoms with Crippen LogP contribution in [0.1, 0.15) is 56.7 Å². The number of nitrogen functional groups attached to an aromatic ring is 3. The van der Waals surface area contributed by atoms with Crippen LogP contribution in [-0.2, 0) is 14.4 Å². The Labute approximate surface area is 576 Å². The molecule has 3 saturated heterocycles. The van der Waals surface area contributed by atoms with Crippen LogP contribution in [0.2, 0.25) is 0 Å². The molecule has 3 amide bonds. The van der Waals surface area contributed by atoms with E-state index >= 15 is 0 Å². The van der Waals surface area contributed by atoms with E-state index in [-0.39, 0.29) is 41.7 Å². The minimum atomic E-state index is -0.391. The van der Waals surface area contributed by atoms with E-state index in [1.807, 2.05) is 56.5 Å². The van der Waals surface area contributed by atoms with Gasteiger partial charge in [-0.3, -0.25) is 14.4 Å². The number of para-hydroxylation sites is 1. The number of halogens is 2. The first kappa shape index (κ1) is 66.7. The van der Waals surface area contributed by atoms with Crippen molar-refractivity contribution in [3.05, 3.63) is 202 Å². The smallest absolute Gasteiger partial charge is 0.246 e. The van der Waals surface area contributed by atoms with Gasteiger partial charge in [-0.1, -0.05) is 44.0 Å². The van der Waals surface area contributed by atoms with Crippen LogP contribution in [-0.4, -0.2) is 146 Å². The summed E-state index contributed by atoms with van der Waals surface area (Å²) in [7, 11) is 0. The molecule has 0 aliphatic carbocycles. The first-order chi connectivity index (χ1) is 49.2. The molecule has 101 heavy (non-hydrogen) atoms. The molecule has 12 aromatic rings. The predicted molar refractivity (Wildman–Crippen MR) is 374 cm³/mol. The first-order valence-corrected chi connectivity index (χ1v) is 32.4.